The first kappa shape index (κ1) is 19.4. The Hall–Kier alpha value is -2.92. The molecule has 1 atom stereocenters. The maximum atomic E-state index is 5.71. The molecule has 0 fully saturated rings. The lowest BCUT2D eigenvalue weighted by Gasteiger charge is -2.31. The average molecular weight is 392 g/mol. The van der Waals surface area contributed by atoms with Crippen LogP contribution in [0.25, 0.3) is 0 Å². The summed E-state index contributed by atoms with van der Waals surface area (Å²) in [6.07, 6.45) is 3.27. The fraction of sp³-hybridized carbons (Fsp3) is 0.333. The van der Waals surface area contributed by atoms with E-state index < -0.39 is 0 Å². The smallest absolute Gasteiger partial charge is 0.130 e. The van der Waals surface area contributed by atoms with Crippen LogP contribution in [-0.2, 0) is 13.1 Å². The number of methoxy groups -OCH3 is 3. The molecule has 0 aliphatic carbocycles. The molecule has 1 unspecified atom stereocenters. The molecule has 5 heteroatoms. The standard InChI is InChI=1S/C24H28N2O3/c1-27-19-15-22(28-2)20(23(16-19)29-3)17-26-14-8-13-25-12-7-11-21(25)24(26)18-9-5-4-6-10-18/h4-7,9-12,15-16,24H,8,13-14,17H2,1-3H3. The van der Waals surface area contributed by atoms with Crippen molar-refractivity contribution in [2.75, 3.05) is 27.9 Å². The van der Waals surface area contributed by atoms with Gasteiger partial charge in [-0.2, -0.15) is 0 Å². The summed E-state index contributed by atoms with van der Waals surface area (Å²) in [7, 11) is 5.04. The summed E-state index contributed by atoms with van der Waals surface area (Å²) in [5.74, 6) is 2.30. The summed E-state index contributed by atoms with van der Waals surface area (Å²) in [6, 6.07) is 19.1. The number of nitrogens with zero attached hydrogens (tertiary/aromatic N) is 2. The summed E-state index contributed by atoms with van der Waals surface area (Å²) in [5, 5.41) is 0. The van der Waals surface area contributed by atoms with Gasteiger partial charge in [-0.1, -0.05) is 30.3 Å². The number of rotatable bonds is 6. The van der Waals surface area contributed by atoms with Crippen LogP contribution >= 0.6 is 0 Å². The van der Waals surface area contributed by atoms with Crippen molar-refractivity contribution >= 4 is 0 Å². The van der Waals surface area contributed by atoms with Crippen LogP contribution in [0.3, 0.4) is 0 Å². The fourth-order valence-electron chi connectivity index (χ4n) is 4.26. The molecule has 1 aromatic heterocycles. The zero-order valence-corrected chi connectivity index (χ0v) is 17.3. The lowest BCUT2D eigenvalue weighted by Crippen LogP contribution is -2.29. The number of aryl methyl sites for hydroxylation is 1. The van der Waals surface area contributed by atoms with Gasteiger partial charge in [-0.05, 0) is 24.1 Å². The van der Waals surface area contributed by atoms with Crippen molar-refractivity contribution in [3.8, 4) is 17.2 Å². The molecule has 2 heterocycles. The van der Waals surface area contributed by atoms with Gasteiger partial charge in [0.05, 0.1) is 32.9 Å². The SMILES string of the molecule is COc1cc(OC)c(CN2CCCn3cccc3C2c2ccccc2)c(OC)c1. The van der Waals surface area contributed by atoms with E-state index in [-0.39, 0.29) is 6.04 Å². The van der Waals surface area contributed by atoms with Gasteiger partial charge < -0.3 is 18.8 Å². The molecular weight excluding hydrogens is 364 g/mol. The third kappa shape index (κ3) is 3.83. The van der Waals surface area contributed by atoms with E-state index in [0.29, 0.717) is 0 Å². The minimum absolute atomic E-state index is 0.171. The number of hydrogen-bond acceptors (Lipinski definition) is 4. The Morgan fingerprint density at radius 3 is 2.24 bits per heavy atom. The largest absolute Gasteiger partial charge is 0.496 e. The molecule has 0 bridgehead atoms. The highest BCUT2D eigenvalue weighted by atomic mass is 16.5. The molecule has 0 amide bonds. The highest BCUT2D eigenvalue weighted by Crippen LogP contribution is 2.39. The van der Waals surface area contributed by atoms with E-state index in [4.69, 9.17) is 14.2 Å². The molecule has 152 valence electrons. The van der Waals surface area contributed by atoms with Crippen molar-refractivity contribution in [3.05, 3.63) is 77.6 Å². The first-order chi connectivity index (χ1) is 14.2. The van der Waals surface area contributed by atoms with Gasteiger partial charge in [-0.25, -0.2) is 0 Å². The predicted octanol–water partition coefficient (Wildman–Crippen LogP) is 4.51. The van der Waals surface area contributed by atoms with Gasteiger partial charge >= 0.3 is 0 Å². The van der Waals surface area contributed by atoms with Crippen molar-refractivity contribution in [3.63, 3.8) is 0 Å². The topological polar surface area (TPSA) is 35.9 Å². The van der Waals surface area contributed by atoms with Crippen LogP contribution < -0.4 is 14.2 Å². The van der Waals surface area contributed by atoms with Crippen LogP contribution in [0.15, 0.2) is 60.8 Å². The zero-order chi connectivity index (χ0) is 20.2. The molecule has 0 radical (unpaired) electrons. The fourth-order valence-corrected chi connectivity index (χ4v) is 4.26. The van der Waals surface area contributed by atoms with Gasteiger partial charge in [-0.15, -0.1) is 0 Å². The van der Waals surface area contributed by atoms with Gasteiger partial charge in [0.15, 0.2) is 0 Å². The molecule has 29 heavy (non-hydrogen) atoms. The lowest BCUT2D eigenvalue weighted by molar-refractivity contribution is 0.213. The summed E-state index contributed by atoms with van der Waals surface area (Å²) >= 11 is 0. The van der Waals surface area contributed by atoms with Crippen LogP contribution in [0.1, 0.15) is 29.3 Å². The van der Waals surface area contributed by atoms with Crippen LogP contribution in [0.2, 0.25) is 0 Å². The van der Waals surface area contributed by atoms with Crippen LogP contribution in [0, 0.1) is 0 Å². The third-order valence-electron chi connectivity index (χ3n) is 5.65. The Balaban J connectivity index is 1.77. The molecule has 4 rings (SSSR count). The number of ether oxygens (including phenoxy) is 3. The number of hydrogen-bond donors (Lipinski definition) is 0. The second kappa shape index (κ2) is 8.62. The Bertz CT molecular complexity index is 927. The lowest BCUT2D eigenvalue weighted by atomic mass is 10.0. The molecule has 2 aromatic carbocycles. The molecule has 0 spiro atoms. The van der Waals surface area contributed by atoms with Crippen LogP contribution in [0.5, 0.6) is 17.2 Å². The second-order valence-electron chi connectivity index (χ2n) is 7.27. The van der Waals surface area contributed by atoms with Crippen molar-refractivity contribution in [1.29, 1.82) is 0 Å². The summed E-state index contributed by atoms with van der Waals surface area (Å²) in [6.45, 7) is 2.74. The van der Waals surface area contributed by atoms with Crippen LogP contribution in [-0.4, -0.2) is 37.3 Å². The van der Waals surface area contributed by atoms with E-state index in [2.05, 4.69) is 58.1 Å². The van der Waals surface area contributed by atoms with Gasteiger partial charge in [-0.3, -0.25) is 4.90 Å². The summed E-state index contributed by atoms with van der Waals surface area (Å²) < 4.78 is 19.2. The Morgan fingerprint density at radius 1 is 0.862 bits per heavy atom. The molecule has 0 saturated carbocycles. The van der Waals surface area contributed by atoms with E-state index in [9.17, 15) is 0 Å². The normalized spacial score (nSPS) is 16.7. The van der Waals surface area contributed by atoms with Gasteiger partial charge in [0, 0.05) is 43.7 Å². The molecule has 0 saturated heterocycles. The molecule has 1 aliphatic heterocycles. The van der Waals surface area contributed by atoms with Crippen molar-refractivity contribution < 1.29 is 14.2 Å². The van der Waals surface area contributed by atoms with Gasteiger partial charge in [0.25, 0.3) is 0 Å². The maximum absolute atomic E-state index is 5.71. The minimum Gasteiger partial charge on any atom is -0.496 e. The minimum atomic E-state index is 0.171. The zero-order valence-electron chi connectivity index (χ0n) is 17.3. The van der Waals surface area contributed by atoms with Gasteiger partial charge in [0.2, 0.25) is 0 Å². The highest BCUT2D eigenvalue weighted by Gasteiger charge is 2.29. The van der Waals surface area contributed by atoms with Crippen molar-refractivity contribution in [2.24, 2.45) is 0 Å². The second-order valence-corrected chi connectivity index (χ2v) is 7.27. The molecular formula is C24H28N2O3. The maximum Gasteiger partial charge on any atom is 0.130 e. The van der Waals surface area contributed by atoms with E-state index in [0.717, 1.165) is 48.9 Å². The van der Waals surface area contributed by atoms with Crippen molar-refractivity contribution in [2.45, 2.75) is 25.6 Å². The van der Waals surface area contributed by atoms with Gasteiger partial charge in [0.1, 0.15) is 17.2 Å². The molecule has 3 aromatic rings. The van der Waals surface area contributed by atoms with Crippen molar-refractivity contribution in [1.82, 2.24) is 9.47 Å². The molecule has 0 N–H and O–H groups in total. The van der Waals surface area contributed by atoms with E-state index in [1.807, 2.05) is 12.1 Å². The Labute approximate surface area is 172 Å². The first-order valence-electron chi connectivity index (χ1n) is 9.98. The molecule has 5 nitrogen and oxygen atoms in total. The average Bonchev–Trinajstić information content (AvgIpc) is 3.15. The summed E-state index contributed by atoms with van der Waals surface area (Å²) in [5.41, 5.74) is 3.65. The highest BCUT2D eigenvalue weighted by molar-refractivity contribution is 5.51. The number of aromatic nitrogens is 1. The van der Waals surface area contributed by atoms with E-state index in [1.165, 1.54) is 11.3 Å². The summed E-state index contributed by atoms with van der Waals surface area (Å²) in [4.78, 5) is 2.51. The number of fused-ring (bicyclic) bond motifs is 1. The van der Waals surface area contributed by atoms with E-state index >= 15 is 0 Å². The van der Waals surface area contributed by atoms with Crippen LogP contribution in [0.4, 0.5) is 0 Å². The van der Waals surface area contributed by atoms with E-state index in [1.54, 1.807) is 21.3 Å². The third-order valence-corrected chi connectivity index (χ3v) is 5.65. The Morgan fingerprint density at radius 2 is 1.59 bits per heavy atom. The molecule has 1 aliphatic rings. The number of benzene rings is 2. The first-order valence-corrected chi connectivity index (χ1v) is 9.98. The monoisotopic (exact) mass is 392 g/mol. The Kier molecular flexibility index (Phi) is 5.76. The quantitative estimate of drug-likeness (QED) is 0.618. The predicted molar refractivity (Wildman–Crippen MR) is 114 cm³/mol.